The zero-order valence-corrected chi connectivity index (χ0v) is 25.7. The maximum Gasteiger partial charge on any atom is 0.413 e. The van der Waals surface area contributed by atoms with Gasteiger partial charge in [0.2, 0.25) is 0 Å². The maximum atomic E-state index is 13.6. The lowest BCUT2D eigenvalue weighted by Crippen LogP contribution is -2.50. The zero-order valence-electron chi connectivity index (χ0n) is 25.7. The molecule has 0 unspecified atom stereocenters. The molecule has 4 atom stereocenters. The van der Waals surface area contributed by atoms with Crippen LogP contribution in [0.1, 0.15) is 53.4 Å². The predicted molar refractivity (Wildman–Crippen MR) is 150 cm³/mol. The second-order valence-corrected chi connectivity index (χ2v) is 11.1. The number of hydrogen-bond donors (Lipinski definition) is 0. The van der Waals surface area contributed by atoms with Crippen LogP contribution in [0.3, 0.4) is 0 Å². The lowest BCUT2D eigenvalue weighted by atomic mass is 9.75. The van der Waals surface area contributed by atoms with Gasteiger partial charge in [0, 0.05) is 26.6 Å². The van der Waals surface area contributed by atoms with Gasteiger partial charge in [-0.15, -0.1) is 0 Å². The van der Waals surface area contributed by atoms with E-state index < -0.39 is 30.8 Å². The Labute approximate surface area is 245 Å². The summed E-state index contributed by atoms with van der Waals surface area (Å²) in [6.45, 7) is 12.8. The highest BCUT2D eigenvalue weighted by atomic mass is 16.6. The fourth-order valence-corrected chi connectivity index (χ4v) is 5.20. The summed E-state index contributed by atoms with van der Waals surface area (Å²) in [5, 5.41) is 0. The number of carbonyl (C=O) groups excluding carboxylic acids is 3. The Kier molecular flexibility index (Phi) is 17.2. The van der Waals surface area contributed by atoms with E-state index >= 15 is 0 Å². The molecule has 1 heterocycles. The summed E-state index contributed by atoms with van der Waals surface area (Å²) < 4.78 is 38.7. The SMILES string of the molecule is COC(=O)[C@H](CCN1CCOCCOCCOCCOCC1)N(COC(C)=O)C(=O)O[C@@H]1C[C@H](C)CC[C@H]1C(C)C. The molecule has 12 heteroatoms. The van der Waals surface area contributed by atoms with Gasteiger partial charge in [-0.25, -0.2) is 9.59 Å². The third-order valence-corrected chi connectivity index (χ3v) is 7.64. The Balaban J connectivity index is 2.13. The number of carbonyl (C=O) groups is 3. The molecule has 0 spiro atoms. The first-order valence-corrected chi connectivity index (χ1v) is 14.9. The highest BCUT2D eigenvalue weighted by molar-refractivity contribution is 5.81. The van der Waals surface area contributed by atoms with Crippen molar-refractivity contribution in [3.8, 4) is 0 Å². The first-order valence-electron chi connectivity index (χ1n) is 14.9. The largest absolute Gasteiger partial charge is 0.467 e. The molecule has 2 rings (SSSR count). The van der Waals surface area contributed by atoms with Gasteiger partial charge in [-0.1, -0.05) is 27.2 Å². The summed E-state index contributed by atoms with van der Waals surface area (Å²) in [5.74, 6) is -0.181. The molecule has 0 aromatic rings. The van der Waals surface area contributed by atoms with E-state index in [-0.39, 0.29) is 18.4 Å². The zero-order chi connectivity index (χ0) is 30.0. The van der Waals surface area contributed by atoms with E-state index in [1.165, 1.54) is 18.9 Å². The quantitative estimate of drug-likeness (QED) is 0.224. The van der Waals surface area contributed by atoms with Crippen molar-refractivity contribution < 1.29 is 47.5 Å². The molecule has 12 nitrogen and oxygen atoms in total. The second-order valence-electron chi connectivity index (χ2n) is 11.1. The summed E-state index contributed by atoms with van der Waals surface area (Å²) in [4.78, 5) is 41.6. The van der Waals surface area contributed by atoms with E-state index in [2.05, 4.69) is 25.7 Å². The van der Waals surface area contributed by atoms with Crippen LogP contribution in [0.5, 0.6) is 0 Å². The van der Waals surface area contributed by atoms with Crippen molar-refractivity contribution in [1.82, 2.24) is 9.80 Å². The van der Waals surface area contributed by atoms with Gasteiger partial charge in [0.1, 0.15) is 12.1 Å². The van der Waals surface area contributed by atoms with Crippen LogP contribution in [0.25, 0.3) is 0 Å². The van der Waals surface area contributed by atoms with Gasteiger partial charge >= 0.3 is 18.0 Å². The van der Waals surface area contributed by atoms with E-state index in [0.29, 0.717) is 84.3 Å². The molecule has 1 aliphatic heterocycles. The molecule has 0 bridgehead atoms. The molecule has 41 heavy (non-hydrogen) atoms. The molecule has 1 saturated carbocycles. The highest BCUT2D eigenvalue weighted by Crippen LogP contribution is 2.35. The Morgan fingerprint density at radius 2 is 1.46 bits per heavy atom. The monoisotopic (exact) mass is 588 g/mol. The predicted octanol–water partition coefficient (Wildman–Crippen LogP) is 2.72. The van der Waals surface area contributed by atoms with Crippen molar-refractivity contribution in [2.24, 2.45) is 17.8 Å². The van der Waals surface area contributed by atoms with Gasteiger partial charge in [-0.2, -0.15) is 0 Å². The maximum absolute atomic E-state index is 13.6. The Morgan fingerprint density at radius 3 is 1.98 bits per heavy atom. The average molecular weight is 589 g/mol. The number of ether oxygens (including phenoxy) is 7. The van der Waals surface area contributed by atoms with Crippen LogP contribution in [-0.4, -0.2) is 126 Å². The number of esters is 2. The molecule has 0 aromatic heterocycles. The van der Waals surface area contributed by atoms with E-state index in [1.54, 1.807) is 0 Å². The van der Waals surface area contributed by atoms with Crippen LogP contribution in [0.15, 0.2) is 0 Å². The summed E-state index contributed by atoms with van der Waals surface area (Å²) >= 11 is 0. The number of rotatable bonds is 9. The molecule has 1 amide bonds. The van der Waals surface area contributed by atoms with Crippen LogP contribution in [0.2, 0.25) is 0 Å². The summed E-state index contributed by atoms with van der Waals surface area (Å²) in [5.41, 5.74) is 0. The van der Waals surface area contributed by atoms with Gasteiger partial charge in [-0.05, 0) is 37.0 Å². The molecule has 1 aliphatic carbocycles. The van der Waals surface area contributed by atoms with Gasteiger partial charge in [-0.3, -0.25) is 14.6 Å². The van der Waals surface area contributed by atoms with Crippen LogP contribution >= 0.6 is 0 Å². The van der Waals surface area contributed by atoms with E-state index in [0.717, 1.165) is 19.3 Å². The molecular weight excluding hydrogens is 536 g/mol. The van der Waals surface area contributed by atoms with Crippen molar-refractivity contribution in [2.45, 2.75) is 65.5 Å². The average Bonchev–Trinajstić information content (AvgIpc) is 2.94. The lowest BCUT2D eigenvalue weighted by molar-refractivity contribution is -0.156. The molecule has 0 N–H and O–H groups in total. The summed E-state index contributed by atoms with van der Waals surface area (Å²) in [6.07, 6.45) is 2.09. The fourth-order valence-electron chi connectivity index (χ4n) is 5.20. The summed E-state index contributed by atoms with van der Waals surface area (Å²) in [6, 6.07) is -1.01. The lowest BCUT2D eigenvalue weighted by Gasteiger charge is -2.38. The minimum atomic E-state index is -1.01. The fraction of sp³-hybridized carbons (Fsp3) is 0.897. The number of hydrogen-bond acceptors (Lipinski definition) is 11. The van der Waals surface area contributed by atoms with Crippen LogP contribution < -0.4 is 0 Å². The number of nitrogens with zero attached hydrogens (tertiary/aromatic N) is 2. The van der Waals surface area contributed by atoms with Crippen molar-refractivity contribution in [1.29, 1.82) is 0 Å². The van der Waals surface area contributed by atoms with Gasteiger partial charge in [0.05, 0.1) is 60.0 Å². The molecule has 0 radical (unpaired) electrons. The van der Waals surface area contributed by atoms with E-state index in [1.807, 2.05) is 0 Å². The highest BCUT2D eigenvalue weighted by Gasteiger charge is 2.38. The standard InChI is InChI=1S/C29H52N2O10/c1-22(2)25-7-6-23(3)20-27(25)41-29(34)31(21-40-24(4)32)26(28(33)35-5)8-9-30-10-12-36-14-16-38-18-19-39-17-15-37-13-11-30/h22-23,25-27H,6-21H2,1-5H3/t23-,25+,26+,27-/m1/s1. The molecule has 2 fully saturated rings. The Bertz CT molecular complexity index is 752. The second kappa shape index (κ2) is 20.0. The van der Waals surface area contributed by atoms with Gasteiger partial charge in [0.15, 0.2) is 6.73 Å². The number of methoxy groups -OCH3 is 1. The topological polar surface area (TPSA) is 122 Å². The molecule has 238 valence electrons. The summed E-state index contributed by atoms with van der Waals surface area (Å²) in [7, 11) is 1.28. The smallest absolute Gasteiger partial charge is 0.413 e. The number of amides is 1. The van der Waals surface area contributed by atoms with Crippen molar-refractivity contribution in [3.63, 3.8) is 0 Å². The minimum absolute atomic E-state index is 0.221. The van der Waals surface area contributed by atoms with Crippen molar-refractivity contribution >= 4 is 18.0 Å². The van der Waals surface area contributed by atoms with E-state index in [9.17, 15) is 14.4 Å². The first kappa shape index (κ1) is 35.2. The Morgan fingerprint density at radius 1 is 0.902 bits per heavy atom. The minimum Gasteiger partial charge on any atom is -0.467 e. The third kappa shape index (κ3) is 13.7. The van der Waals surface area contributed by atoms with Crippen molar-refractivity contribution in [2.75, 3.05) is 86.3 Å². The third-order valence-electron chi connectivity index (χ3n) is 7.64. The molecule has 2 aliphatic rings. The molecule has 1 saturated heterocycles. The van der Waals surface area contributed by atoms with Crippen molar-refractivity contribution in [3.05, 3.63) is 0 Å². The Hall–Kier alpha value is -1.99. The van der Waals surface area contributed by atoms with Gasteiger partial charge in [0.25, 0.3) is 0 Å². The first-order chi connectivity index (χ1) is 19.7. The van der Waals surface area contributed by atoms with Gasteiger partial charge < -0.3 is 33.2 Å². The normalized spacial score (nSPS) is 24.9. The van der Waals surface area contributed by atoms with E-state index in [4.69, 9.17) is 33.2 Å². The van der Waals surface area contributed by atoms with Crippen LogP contribution in [-0.2, 0) is 42.7 Å². The van der Waals surface area contributed by atoms with Crippen LogP contribution in [0, 0.1) is 17.8 Å². The molecule has 0 aromatic carbocycles. The van der Waals surface area contributed by atoms with Crippen LogP contribution in [0.4, 0.5) is 4.79 Å². The molecular formula is C29H52N2O10.